The van der Waals surface area contributed by atoms with Crippen molar-refractivity contribution in [2.45, 2.75) is 13.1 Å². The molecule has 2 aromatic carbocycles. The predicted octanol–water partition coefficient (Wildman–Crippen LogP) is 2.61. The van der Waals surface area contributed by atoms with E-state index in [-0.39, 0.29) is 18.4 Å². The van der Waals surface area contributed by atoms with E-state index in [0.717, 1.165) is 5.56 Å². The SMILES string of the molecule is NCc1ccc(NC(=O)NCc2cccc(F)c2)cc1. The molecule has 4 N–H and O–H groups in total. The zero-order chi connectivity index (χ0) is 14.4. The van der Waals surface area contributed by atoms with Gasteiger partial charge in [0.2, 0.25) is 0 Å². The summed E-state index contributed by atoms with van der Waals surface area (Å²) in [7, 11) is 0. The molecule has 0 bridgehead atoms. The van der Waals surface area contributed by atoms with Crippen molar-refractivity contribution in [2.75, 3.05) is 5.32 Å². The van der Waals surface area contributed by atoms with Gasteiger partial charge in [0.1, 0.15) is 5.82 Å². The number of anilines is 1. The number of nitrogens with two attached hydrogens (primary N) is 1. The minimum Gasteiger partial charge on any atom is -0.334 e. The van der Waals surface area contributed by atoms with Crippen molar-refractivity contribution in [1.82, 2.24) is 5.32 Å². The van der Waals surface area contributed by atoms with Crippen LogP contribution in [0.1, 0.15) is 11.1 Å². The summed E-state index contributed by atoms with van der Waals surface area (Å²) in [6, 6.07) is 13.0. The monoisotopic (exact) mass is 273 g/mol. The summed E-state index contributed by atoms with van der Waals surface area (Å²) >= 11 is 0. The molecule has 0 aliphatic heterocycles. The van der Waals surface area contributed by atoms with Crippen LogP contribution < -0.4 is 16.4 Å². The second-order valence-electron chi connectivity index (χ2n) is 4.34. The number of amides is 2. The predicted molar refractivity (Wildman–Crippen MR) is 76.6 cm³/mol. The normalized spacial score (nSPS) is 10.1. The lowest BCUT2D eigenvalue weighted by Crippen LogP contribution is -2.28. The van der Waals surface area contributed by atoms with E-state index in [2.05, 4.69) is 10.6 Å². The molecule has 0 unspecified atom stereocenters. The second-order valence-corrected chi connectivity index (χ2v) is 4.34. The first-order valence-corrected chi connectivity index (χ1v) is 6.25. The van der Waals surface area contributed by atoms with Gasteiger partial charge in [0.05, 0.1) is 0 Å². The molecule has 2 amide bonds. The summed E-state index contributed by atoms with van der Waals surface area (Å²) in [5.41, 5.74) is 7.88. The standard InChI is InChI=1S/C15H16FN3O/c16-13-3-1-2-12(8-13)10-18-15(20)19-14-6-4-11(9-17)5-7-14/h1-8H,9-10,17H2,(H2,18,19,20). The fourth-order valence-corrected chi connectivity index (χ4v) is 1.73. The minimum atomic E-state index is -0.338. The van der Waals surface area contributed by atoms with Gasteiger partial charge in [-0.2, -0.15) is 0 Å². The van der Waals surface area contributed by atoms with Crippen LogP contribution in [-0.4, -0.2) is 6.03 Å². The molecule has 104 valence electrons. The largest absolute Gasteiger partial charge is 0.334 e. The van der Waals surface area contributed by atoms with Gasteiger partial charge in [0.15, 0.2) is 0 Å². The van der Waals surface area contributed by atoms with E-state index < -0.39 is 0 Å². The Kier molecular flexibility index (Phi) is 4.68. The molecule has 0 atom stereocenters. The molecule has 0 spiro atoms. The number of urea groups is 1. The molecule has 2 rings (SSSR count). The Morgan fingerprint density at radius 3 is 2.50 bits per heavy atom. The van der Waals surface area contributed by atoms with Gasteiger partial charge < -0.3 is 16.4 Å². The van der Waals surface area contributed by atoms with Crippen LogP contribution in [-0.2, 0) is 13.1 Å². The Balaban J connectivity index is 1.85. The zero-order valence-electron chi connectivity index (χ0n) is 10.9. The van der Waals surface area contributed by atoms with Gasteiger partial charge in [-0.05, 0) is 35.4 Å². The first kappa shape index (κ1) is 14.0. The van der Waals surface area contributed by atoms with Crippen molar-refractivity contribution in [1.29, 1.82) is 0 Å². The Labute approximate surface area is 116 Å². The van der Waals surface area contributed by atoms with Crippen molar-refractivity contribution in [3.8, 4) is 0 Å². The molecule has 0 aliphatic rings. The van der Waals surface area contributed by atoms with Gasteiger partial charge in [-0.1, -0.05) is 24.3 Å². The Bertz CT molecular complexity index is 584. The summed E-state index contributed by atoms with van der Waals surface area (Å²) in [4.78, 5) is 11.7. The fourth-order valence-electron chi connectivity index (χ4n) is 1.73. The third-order valence-corrected chi connectivity index (χ3v) is 2.79. The quantitative estimate of drug-likeness (QED) is 0.801. The smallest absolute Gasteiger partial charge is 0.319 e. The number of hydrogen-bond acceptors (Lipinski definition) is 2. The molecule has 0 saturated carbocycles. The number of rotatable bonds is 4. The molecule has 0 radical (unpaired) electrons. The number of carbonyl (C=O) groups excluding carboxylic acids is 1. The molecule has 0 aliphatic carbocycles. The van der Waals surface area contributed by atoms with E-state index in [4.69, 9.17) is 5.73 Å². The highest BCUT2D eigenvalue weighted by Gasteiger charge is 2.02. The van der Waals surface area contributed by atoms with Crippen molar-refractivity contribution in [3.05, 3.63) is 65.5 Å². The average Bonchev–Trinajstić information content (AvgIpc) is 2.46. The highest BCUT2D eigenvalue weighted by atomic mass is 19.1. The van der Waals surface area contributed by atoms with Crippen molar-refractivity contribution < 1.29 is 9.18 Å². The third kappa shape index (κ3) is 4.07. The average molecular weight is 273 g/mol. The van der Waals surface area contributed by atoms with Crippen LogP contribution in [0.15, 0.2) is 48.5 Å². The van der Waals surface area contributed by atoms with E-state index in [0.29, 0.717) is 17.8 Å². The first-order chi connectivity index (χ1) is 9.67. The maximum absolute atomic E-state index is 13.0. The van der Waals surface area contributed by atoms with Gasteiger partial charge in [-0.25, -0.2) is 9.18 Å². The highest BCUT2D eigenvalue weighted by Crippen LogP contribution is 2.09. The summed E-state index contributed by atoms with van der Waals surface area (Å²) < 4.78 is 13.0. The summed E-state index contributed by atoms with van der Waals surface area (Å²) in [6.45, 7) is 0.733. The number of hydrogen-bond donors (Lipinski definition) is 3. The molecule has 4 nitrogen and oxygen atoms in total. The molecule has 5 heteroatoms. The fraction of sp³-hybridized carbons (Fsp3) is 0.133. The molecule has 0 heterocycles. The van der Waals surface area contributed by atoms with Gasteiger partial charge >= 0.3 is 6.03 Å². The maximum Gasteiger partial charge on any atom is 0.319 e. The molecule has 2 aromatic rings. The van der Waals surface area contributed by atoms with Crippen LogP contribution in [0.4, 0.5) is 14.9 Å². The van der Waals surface area contributed by atoms with Gasteiger partial charge in [0.25, 0.3) is 0 Å². The first-order valence-electron chi connectivity index (χ1n) is 6.25. The summed E-state index contributed by atoms with van der Waals surface area (Å²) in [5, 5.41) is 5.36. The number of halogens is 1. The van der Waals surface area contributed by atoms with E-state index in [1.54, 1.807) is 24.3 Å². The van der Waals surface area contributed by atoms with E-state index in [1.165, 1.54) is 12.1 Å². The van der Waals surface area contributed by atoms with Crippen LogP contribution in [0.3, 0.4) is 0 Å². The molecule has 20 heavy (non-hydrogen) atoms. The van der Waals surface area contributed by atoms with Crippen molar-refractivity contribution >= 4 is 11.7 Å². The van der Waals surface area contributed by atoms with Gasteiger partial charge in [-0.3, -0.25) is 0 Å². The molecule has 0 saturated heterocycles. The topological polar surface area (TPSA) is 67.1 Å². The van der Waals surface area contributed by atoms with Crippen LogP contribution in [0.25, 0.3) is 0 Å². The Morgan fingerprint density at radius 1 is 1.10 bits per heavy atom. The molecule has 0 aromatic heterocycles. The van der Waals surface area contributed by atoms with Crippen LogP contribution in [0.5, 0.6) is 0 Å². The lowest BCUT2D eigenvalue weighted by molar-refractivity contribution is 0.251. The lowest BCUT2D eigenvalue weighted by atomic mass is 10.2. The maximum atomic E-state index is 13.0. The highest BCUT2D eigenvalue weighted by molar-refractivity contribution is 5.89. The van der Waals surface area contributed by atoms with Gasteiger partial charge in [-0.15, -0.1) is 0 Å². The lowest BCUT2D eigenvalue weighted by Gasteiger charge is -2.08. The minimum absolute atomic E-state index is 0.268. The molecule has 0 fully saturated rings. The number of nitrogens with one attached hydrogen (secondary N) is 2. The van der Waals surface area contributed by atoms with Crippen molar-refractivity contribution in [2.24, 2.45) is 5.73 Å². The summed E-state index contributed by atoms with van der Waals surface area (Å²) in [6.07, 6.45) is 0. The Morgan fingerprint density at radius 2 is 1.85 bits per heavy atom. The van der Waals surface area contributed by atoms with Crippen LogP contribution in [0, 0.1) is 5.82 Å². The summed E-state index contributed by atoms with van der Waals surface area (Å²) in [5.74, 6) is -0.318. The van der Waals surface area contributed by atoms with E-state index >= 15 is 0 Å². The number of benzene rings is 2. The van der Waals surface area contributed by atoms with E-state index in [9.17, 15) is 9.18 Å². The van der Waals surface area contributed by atoms with Crippen LogP contribution >= 0.6 is 0 Å². The Hall–Kier alpha value is -2.40. The molecular formula is C15H16FN3O. The van der Waals surface area contributed by atoms with Gasteiger partial charge in [0, 0.05) is 18.8 Å². The van der Waals surface area contributed by atoms with E-state index in [1.807, 2.05) is 12.1 Å². The molecular weight excluding hydrogens is 257 g/mol. The third-order valence-electron chi connectivity index (χ3n) is 2.79. The second kappa shape index (κ2) is 6.68. The number of carbonyl (C=O) groups is 1. The van der Waals surface area contributed by atoms with Crippen LogP contribution in [0.2, 0.25) is 0 Å². The van der Waals surface area contributed by atoms with Crippen molar-refractivity contribution in [3.63, 3.8) is 0 Å². The zero-order valence-corrected chi connectivity index (χ0v) is 10.9.